The van der Waals surface area contributed by atoms with Crippen LogP contribution in [0, 0.1) is 11.8 Å². The molecule has 1 aliphatic carbocycles. The van der Waals surface area contributed by atoms with Crippen LogP contribution in [-0.2, 0) is 5.41 Å². The van der Waals surface area contributed by atoms with Gasteiger partial charge in [0.15, 0.2) is 0 Å². The topological polar surface area (TPSA) is 9.23 Å². The molecule has 1 aliphatic rings. The van der Waals surface area contributed by atoms with Crippen molar-refractivity contribution in [1.29, 1.82) is 0 Å². The van der Waals surface area contributed by atoms with Gasteiger partial charge in [-0.2, -0.15) is 0 Å². The Morgan fingerprint density at radius 3 is 2.12 bits per heavy atom. The molecule has 3 unspecified atom stereocenters. The lowest BCUT2D eigenvalue weighted by atomic mass is 9.61. The van der Waals surface area contributed by atoms with E-state index in [-0.39, 0.29) is 0 Å². The van der Waals surface area contributed by atoms with Gasteiger partial charge in [-0.25, -0.2) is 0 Å². The molecule has 2 aromatic rings. The summed E-state index contributed by atoms with van der Waals surface area (Å²) in [5.74, 6) is 3.46. The van der Waals surface area contributed by atoms with E-state index in [1.54, 1.807) is 0 Å². The van der Waals surface area contributed by atoms with Gasteiger partial charge < -0.3 is 4.74 Å². The highest BCUT2D eigenvalue weighted by Crippen LogP contribution is 2.47. The van der Waals surface area contributed by atoms with Crippen LogP contribution in [0.1, 0.15) is 58.4 Å². The quantitative estimate of drug-likeness (QED) is 0.498. The Morgan fingerprint density at radius 1 is 0.960 bits per heavy atom. The van der Waals surface area contributed by atoms with Gasteiger partial charge in [0.2, 0.25) is 0 Å². The molecule has 3 rings (SSSR count). The zero-order chi connectivity index (χ0) is 17.9. The van der Waals surface area contributed by atoms with E-state index in [4.69, 9.17) is 4.74 Å². The Morgan fingerprint density at radius 2 is 1.56 bits per heavy atom. The summed E-state index contributed by atoms with van der Waals surface area (Å²) in [6.07, 6.45) is 6.56. The van der Waals surface area contributed by atoms with E-state index in [0.717, 1.165) is 27.8 Å². The summed E-state index contributed by atoms with van der Waals surface area (Å²) in [5, 5.41) is 0. The van der Waals surface area contributed by atoms with Crippen molar-refractivity contribution in [1.82, 2.24) is 0 Å². The van der Waals surface area contributed by atoms with E-state index in [1.807, 2.05) is 24.3 Å². The van der Waals surface area contributed by atoms with Crippen molar-refractivity contribution < 1.29 is 4.74 Å². The highest BCUT2D eigenvalue weighted by molar-refractivity contribution is 9.10. The van der Waals surface area contributed by atoms with Gasteiger partial charge in [-0.3, -0.25) is 0 Å². The van der Waals surface area contributed by atoms with Gasteiger partial charge in [0.05, 0.1) is 0 Å². The van der Waals surface area contributed by atoms with Crippen LogP contribution in [0.15, 0.2) is 53.0 Å². The normalized spacial score (nSPS) is 26.4. The number of halogens is 1. The van der Waals surface area contributed by atoms with Crippen molar-refractivity contribution in [2.24, 2.45) is 11.8 Å². The first kappa shape index (κ1) is 18.5. The second-order valence-electron chi connectivity index (χ2n) is 7.74. The fraction of sp³-hybridized carbons (Fsp3) is 0.478. The van der Waals surface area contributed by atoms with E-state index < -0.39 is 0 Å². The predicted octanol–water partition coefficient (Wildman–Crippen LogP) is 7.74. The highest BCUT2D eigenvalue weighted by Gasteiger charge is 2.38. The van der Waals surface area contributed by atoms with Crippen LogP contribution in [0.25, 0.3) is 0 Å². The first-order valence-corrected chi connectivity index (χ1v) is 10.4. The second kappa shape index (κ2) is 7.95. The third-order valence-electron chi connectivity index (χ3n) is 5.92. The summed E-state index contributed by atoms with van der Waals surface area (Å²) < 4.78 is 7.05. The van der Waals surface area contributed by atoms with Crippen molar-refractivity contribution in [3.8, 4) is 11.5 Å². The third-order valence-corrected chi connectivity index (χ3v) is 6.45. The molecule has 0 spiro atoms. The Hall–Kier alpha value is -1.28. The monoisotopic (exact) mass is 400 g/mol. The molecule has 2 aromatic carbocycles. The molecule has 0 heterocycles. The van der Waals surface area contributed by atoms with Crippen LogP contribution in [0.2, 0.25) is 0 Å². The molecule has 0 amide bonds. The molecule has 0 N–H and O–H groups in total. The molecule has 0 saturated heterocycles. The van der Waals surface area contributed by atoms with E-state index >= 15 is 0 Å². The summed E-state index contributed by atoms with van der Waals surface area (Å²) in [6, 6.07) is 16.8. The van der Waals surface area contributed by atoms with Gasteiger partial charge in [0, 0.05) is 4.47 Å². The molecule has 0 aliphatic heterocycles. The maximum absolute atomic E-state index is 5.98. The lowest BCUT2D eigenvalue weighted by molar-refractivity contribution is 0.159. The number of hydrogen-bond donors (Lipinski definition) is 0. The average Bonchev–Trinajstić information content (AvgIpc) is 2.63. The van der Waals surface area contributed by atoms with E-state index in [1.165, 1.54) is 37.7 Å². The molecule has 3 atom stereocenters. The zero-order valence-electron chi connectivity index (χ0n) is 15.6. The first-order valence-electron chi connectivity index (χ1n) is 9.58. The lowest BCUT2D eigenvalue weighted by Gasteiger charge is -2.44. The molecule has 0 bridgehead atoms. The minimum Gasteiger partial charge on any atom is -0.457 e. The fourth-order valence-electron chi connectivity index (χ4n) is 4.59. The Labute approximate surface area is 160 Å². The molecule has 0 aromatic heterocycles. The lowest BCUT2D eigenvalue weighted by Crippen LogP contribution is -2.35. The van der Waals surface area contributed by atoms with Crippen LogP contribution in [0.5, 0.6) is 11.5 Å². The molecular formula is C23H29BrO. The van der Waals surface area contributed by atoms with Gasteiger partial charge in [-0.15, -0.1) is 0 Å². The predicted molar refractivity (Wildman–Crippen MR) is 109 cm³/mol. The Kier molecular flexibility index (Phi) is 5.89. The van der Waals surface area contributed by atoms with E-state index in [2.05, 4.69) is 61.0 Å². The number of ether oxygens (including phenoxy) is 1. The summed E-state index contributed by atoms with van der Waals surface area (Å²) in [7, 11) is 0. The standard InChI is InChI=1S/C23H29BrO/c1-4-18-14-17(3)15-23(5-2,16-18)19-6-10-21(11-7-19)25-22-12-8-20(24)9-13-22/h6-13,17-18H,4-5,14-16H2,1-3H3. The van der Waals surface area contributed by atoms with Crippen LogP contribution < -0.4 is 4.74 Å². The summed E-state index contributed by atoms with van der Waals surface area (Å²) >= 11 is 3.46. The summed E-state index contributed by atoms with van der Waals surface area (Å²) in [6.45, 7) is 7.13. The Balaban J connectivity index is 1.79. The number of rotatable bonds is 5. The van der Waals surface area contributed by atoms with Gasteiger partial charge in [0.25, 0.3) is 0 Å². The van der Waals surface area contributed by atoms with Crippen molar-refractivity contribution >= 4 is 15.9 Å². The van der Waals surface area contributed by atoms with Crippen LogP contribution >= 0.6 is 15.9 Å². The largest absolute Gasteiger partial charge is 0.457 e. The zero-order valence-corrected chi connectivity index (χ0v) is 17.2. The number of hydrogen-bond acceptors (Lipinski definition) is 1. The molecule has 2 heteroatoms. The van der Waals surface area contributed by atoms with E-state index in [0.29, 0.717) is 5.41 Å². The molecule has 25 heavy (non-hydrogen) atoms. The Bertz CT molecular complexity index is 676. The molecule has 1 saturated carbocycles. The molecule has 134 valence electrons. The van der Waals surface area contributed by atoms with Crippen molar-refractivity contribution in [2.45, 2.75) is 58.3 Å². The van der Waals surface area contributed by atoms with Gasteiger partial charge in [-0.1, -0.05) is 55.3 Å². The van der Waals surface area contributed by atoms with Crippen molar-refractivity contribution in [2.75, 3.05) is 0 Å². The maximum atomic E-state index is 5.98. The van der Waals surface area contributed by atoms with Crippen LogP contribution in [0.4, 0.5) is 0 Å². The molecule has 0 radical (unpaired) electrons. The number of benzene rings is 2. The molecule has 1 fully saturated rings. The second-order valence-corrected chi connectivity index (χ2v) is 8.65. The van der Waals surface area contributed by atoms with Gasteiger partial charge >= 0.3 is 0 Å². The SMILES string of the molecule is CCC1CC(C)CC(CC)(c2ccc(Oc3ccc(Br)cc3)cc2)C1. The minimum absolute atomic E-state index is 0.342. The van der Waals surface area contributed by atoms with Crippen molar-refractivity contribution in [3.05, 3.63) is 58.6 Å². The van der Waals surface area contributed by atoms with Gasteiger partial charge in [-0.05, 0) is 84.9 Å². The average molecular weight is 401 g/mol. The minimum atomic E-state index is 0.342. The van der Waals surface area contributed by atoms with Gasteiger partial charge in [0.1, 0.15) is 11.5 Å². The maximum Gasteiger partial charge on any atom is 0.127 e. The van der Waals surface area contributed by atoms with Crippen molar-refractivity contribution in [3.63, 3.8) is 0 Å². The fourth-order valence-corrected chi connectivity index (χ4v) is 4.86. The molecule has 1 nitrogen and oxygen atoms in total. The van der Waals surface area contributed by atoms with Crippen LogP contribution in [-0.4, -0.2) is 0 Å². The first-order chi connectivity index (χ1) is 12.0. The van der Waals surface area contributed by atoms with E-state index in [9.17, 15) is 0 Å². The summed E-state index contributed by atoms with van der Waals surface area (Å²) in [5.41, 5.74) is 1.83. The summed E-state index contributed by atoms with van der Waals surface area (Å²) in [4.78, 5) is 0. The smallest absolute Gasteiger partial charge is 0.127 e. The molecular weight excluding hydrogens is 372 g/mol. The third kappa shape index (κ3) is 4.28. The van der Waals surface area contributed by atoms with Crippen LogP contribution in [0.3, 0.4) is 0 Å². The highest BCUT2D eigenvalue weighted by atomic mass is 79.9.